The number of rotatable bonds is 3. The van der Waals surface area contributed by atoms with Crippen molar-refractivity contribution in [2.24, 2.45) is 0 Å². The van der Waals surface area contributed by atoms with E-state index in [1.54, 1.807) is 24.4 Å². The molecule has 0 fully saturated rings. The van der Waals surface area contributed by atoms with Gasteiger partial charge in [0.15, 0.2) is 0 Å². The van der Waals surface area contributed by atoms with Crippen LogP contribution in [0.25, 0.3) is 0 Å². The van der Waals surface area contributed by atoms with Crippen molar-refractivity contribution in [2.75, 3.05) is 5.32 Å². The van der Waals surface area contributed by atoms with Crippen LogP contribution in [0.2, 0.25) is 0 Å². The van der Waals surface area contributed by atoms with Crippen LogP contribution < -0.4 is 10.6 Å². The van der Waals surface area contributed by atoms with Crippen molar-refractivity contribution in [1.82, 2.24) is 10.3 Å². The third kappa shape index (κ3) is 3.65. The number of hydrogen-bond donors (Lipinski definition) is 2. The molecule has 102 valence electrons. The van der Waals surface area contributed by atoms with Gasteiger partial charge >= 0.3 is 11.8 Å². The molecule has 2 amide bonds. The van der Waals surface area contributed by atoms with Gasteiger partial charge in [0.1, 0.15) is 5.82 Å². The van der Waals surface area contributed by atoms with E-state index in [4.69, 9.17) is 0 Å². The summed E-state index contributed by atoms with van der Waals surface area (Å²) < 4.78 is 0. The van der Waals surface area contributed by atoms with Crippen molar-refractivity contribution < 1.29 is 9.59 Å². The van der Waals surface area contributed by atoms with Gasteiger partial charge in [-0.05, 0) is 24.6 Å². The monoisotopic (exact) mass is 269 g/mol. The summed E-state index contributed by atoms with van der Waals surface area (Å²) in [6, 6.07) is 14.3. The first-order valence-corrected chi connectivity index (χ1v) is 6.24. The van der Waals surface area contributed by atoms with Crippen LogP contribution in [0.4, 0.5) is 5.82 Å². The summed E-state index contributed by atoms with van der Waals surface area (Å²) in [4.78, 5) is 27.4. The van der Waals surface area contributed by atoms with Gasteiger partial charge in [0.25, 0.3) is 0 Å². The van der Waals surface area contributed by atoms with E-state index in [-0.39, 0.29) is 6.04 Å². The Bertz CT molecular complexity index is 585. The van der Waals surface area contributed by atoms with Gasteiger partial charge < -0.3 is 10.6 Å². The van der Waals surface area contributed by atoms with Gasteiger partial charge in [-0.15, -0.1) is 0 Å². The second-order valence-corrected chi connectivity index (χ2v) is 4.27. The lowest BCUT2D eigenvalue weighted by Gasteiger charge is -2.13. The van der Waals surface area contributed by atoms with Crippen LogP contribution in [0.1, 0.15) is 18.5 Å². The molecule has 2 rings (SSSR count). The minimum Gasteiger partial charge on any atom is -0.341 e. The van der Waals surface area contributed by atoms with Gasteiger partial charge in [-0.25, -0.2) is 4.98 Å². The summed E-state index contributed by atoms with van der Waals surface area (Å²) >= 11 is 0. The topological polar surface area (TPSA) is 71.1 Å². The van der Waals surface area contributed by atoms with Gasteiger partial charge in [0.05, 0.1) is 6.04 Å². The largest absolute Gasteiger partial charge is 0.341 e. The fourth-order valence-corrected chi connectivity index (χ4v) is 1.70. The molecule has 5 nitrogen and oxygen atoms in total. The number of nitrogens with one attached hydrogen (secondary N) is 2. The van der Waals surface area contributed by atoms with E-state index >= 15 is 0 Å². The molecule has 0 spiro atoms. The average Bonchev–Trinajstić information content (AvgIpc) is 2.49. The van der Waals surface area contributed by atoms with Gasteiger partial charge in [-0.2, -0.15) is 0 Å². The number of nitrogens with zero attached hydrogens (tertiary/aromatic N) is 1. The highest BCUT2D eigenvalue weighted by atomic mass is 16.2. The van der Waals surface area contributed by atoms with E-state index in [0.29, 0.717) is 5.82 Å². The van der Waals surface area contributed by atoms with Crippen LogP contribution in [0, 0.1) is 0 Å². The van der Waals surface area contributed by atoms with Crippen molar-refractivity contribution in [2.45, 2.75) is 13.0 Å². The molecule has 1 atom stereocenters. The molecule has 5 heteroatoms. The predicted molar refractivity (Wildman–Crippen MR) is 75.9 cm³/mol. The van der Waals surface area contributed by atoms with E-state index in [2.05, 4.69) is 15.6 Å². The molecule has 0 aliphatic rings. The maximum Gasteiger partial charge on any atom is 0.314 e. The van der Waals surface area contributed by atoms with Crippen molar-refractivity contribution in [1.29, 1.82) is 0 Å². The second kappa shape index (κ2) is 6.47. The Kier molecular flexibility index (Phi) is 4.44. The number of aromatic nitrogens is 1. The molecule has 20 heavy (non-hydrogen) atoms. The van der Waals surface area contributed by atoms with Crippen LogP contribution >= 0.6 is 0 Å². The molecule has 1 aromatic heterocycles. The molecule has 1 heterocycles. The predicted octanol–water partition coefficient (Wildman–Crippen LogP) is 1.90. The number of carbonyl (C=O) groups excluding carboxylic acids is 2. The zero-order valence-corrected chi connectivity index (χ0v) is 11.0. The first kappa shape index (κ1) is 13.7. The van der Waals surface area contributed by atoms with E-state index in [1.807, 2.05) is 37.3 Å². The van der Waals surface area contributed by atoms with Gasteiger partial charge in [0.2, 0.25) is 0 Å². The van der Waals surface area contributed by atoms with Crippen molar-refractivity contribution in [3.8, 4) is 0 Å². The lowest BCUT2D eigenvalue weighted by molar-refractivity contribution is -0.136. The Balaban J connectivity index is 1.93. The number of pyridine rings is 1. The minimum atomic E-state index is -0.730. The molecule has 0 saturated heterocycles. The van der Waals surface area contributed by atoms with Gasteiger partial charge in [-0.3, -0.25) is 9.59 Å². The molecule has 1 aromatic carbocycles. The fraction of sp³-hybridized carbons (Fsp3) is 0.133. The molecule has 2 aromatic rings. The zero-order chi connectivity index (χ0) is 14.4. The van der Waals surface area contributed by atoms with E-state index in [1.165, 1.54) is 0 Å². The first-order valence-electron chi connectivity index (χ1n) is 6.24. The second-order valence-electron chi connectivity index (χ2n) is 4.27. The summed E-state index contributed by atoms with van der Waals surface area (Å²) in [5.74, 6) is -1.07. The standard InChI is InChI=1S/C15H15N3O2/c1-11(12-7-3-2-4-8-12)17-14(19)15(20)18-13-9-5-6-10-16-13/h2-11H,1H3,(H,17,19)(H,16,18,20). The first-order chi connectivity index (χ1) is 9.66. The Labute approximate surface area is 117 Å². The Morgan fingerprint density at radius 1 is 1.00 bits per heavy atom. The molecule has 0 aliphatic heterocycles. The normalized spacial score (nSPS) is 11.4. The maximum atomic E-state index is 11.8. The molecule has 0 aliphatic carbocycles. The number of benzene rings is 1. The molecule has 0 saturated carbocycles. The fourth-order valence-electron chi connectivity index (χ4n) is 1.70. The number of carbonyl (C=O) groups is 2. The summed E-state index contributed by atoms with van der Waals surface area (Å²) in [7, 11) is 0. The average molecular weight is 269 g/mol. The van der Waals surface area contributed by atoms with Crippen LogP contribution in [-0.2, 0) is 9.59 Å². The van der Waals surface area contributed by atoms with Crippen LogP contribution in [0.15, 0.2) is 54.7 Å². The van der Waals surface area contributed by atoms with Crippen molar-refractivity contribution in [3.63, 3.8) is 0 Å². The SMILES string of the molecule is CC(NC(=O)C(=O)Nc1ccccn1)c1ccccc1. The number of amides is 2. The molecule has 1 unspecified atom stereocenters. The molecular formula is C15H15N3O2. The number of hydrogen-bond acceptors (Lipinski definition) is 3. The van der Waals surface area contributed by atoms with E-state index in [0.717, 1.165) is 5.56 Å². The lowest BCUT2D eigenvalue weighted by Crippen LogP contribution is -2.37. The minimum absolute atomic E-state index is 0.238. The highest BCUT2D eigenvalue weighted by molar-refractivity contribution is 6.39. The van der Waals surface area contributed by atoms with Gasteiger partial charge in [-0.1, -0.05) is 36.4 Å². The van der Waals surface area contributed by atoms with Crippen LogP contribution in [0.3, 0.4) is 0 Å². The number of anilines is 1. The maximum absolute atomic E-state index is 11.8. The highest BCUT2D eigenvalue weighted by Gasteiger charge is 2.17. The molecular weight excluding hydrogens is 254 g/mol. The van der Waals surface area contributed by atoms with Crippen LogP contribution in [0.5, 0.6) is 0 Å². The van der Waals surface area contributed by atoms with Crippen molar-refractivity contribution >= 4 is 17.6 Å². The zero-order valence-electron chi connectivity index (χ0n) is 11.0. The Morgan fingerprint density at radius 2 is 1.70 bits per heavy atom. The van der Waals surface area contributed by atoms with E-state index < -0.39 is 11.8 Å². The Hall–Kier alpha value is -2.69. The molecule has 0 radical (unpaired) electrons. The highest BCUT2D eigenvalue weighted by Crippen LogP contribution is 2.10. The van der Waals surface area contributed by atoms with Gasteiger partial charge in [0, 0.05) is 6.20 Å². The van der Waals surface area contributed by atoms with Crippen LogP contribution in [-0.4, -0.2) is 16.8 Å². The molecule has 2 N–H and O–H groups in total. The Morgan fingerprint density at radius 3 is 2.35 bits per heavy atom. The lowest BCUT2D eigenvalue weighted by atomic mass is 10.1. The summed E-state index contributed by atoms with van der Waals surface area (Å²) in [6.45, 7) is 1.82. The third-order valence-electron chi connectivity index (χ3n) is 2.76. The van der Waals surface area contributed by atoms with E-state index in [9.17, 15) is 9.59 Å². The summed E-state index contributed by atoms with van der Waals surface area (Å²) in [5, 5.41) is 5.07. The summed E-state index contributed by atoms with van der Waals surface area (Å²) in [5.41, 5.74) is 0.937. The third-order valence-corrected chi connectivity index (χ3v) is 2.76. The summed E-state index contributed by atoms with van der Waals surface area (Å²) in [6.07, 6.45) is 1.54. The molecule has 0 bridgehead atoms. The smallest absolute Gasteiger partial charge is 0.314 e. The quantitative estimate of drug-likeness (QED) is 0.836. The van der Waals surface area contributed by atoms with Crippen molar-refractivity contribution in [3.05, 3.63) is 60.3 Å².